The van der Waals surface area contributed by atoms with Crippen molar-refractivity contribution >= 4 is 28.4 Å². The Hall–Kier alpha value is -3.02. The zero-order chi connectivity index (χ0) is 23.3. The van der Waals surface area contributed by atoms with Crippen molar-refractivity contribution in [3.63, 3.8) is 0 Å². The van der Waals surface area contributed by atoms with Crippen molar-refractivity contribution in [2.45, 2.75) is 71.3 Å². The summed E-state index contributed by atoms with van der Waals surface area (Å²) >= 11 is 0. The van der Waals surface area contributed by atoms with Crippen LogP contribution in [-0.2, 0) is 14.3 Å². The van der Waals surface area contributed by atoms with Gasteiger partial charge >= 0.3 is 5.97 Å². The number of hydrogen-bond acceptors (Lipinski definition) is 6. The lowest BCUT2D eigenvalue weighted by atomic mass is 9.67. The summed E-state index contributed by atoms with van der Waals surface area (Å²) in [6.07, 6.45) is 6.03. The normalized spacial score (nSPS) is 25.2. The predicted molar refractivity (Wildman–Crippen MR) is 125 cm³/mol. The van der Waals surface area contributed by atoms with E-state index in [-0.39, 0.29) is 22.7 Å². The number of esters is 1. The van der Waals surface area contributed by atoms with Crippen molar-refractivity contribution in [1.82, 2.24) is 0 Å². The minimum atomic E-state index is -0.821. The van der Waals surface area contributed by atoms with Crippen LogP contribution in [0.5, 0.6) is 0 Å². The maximum Gasteiger partial charge on any atom is 0.315 e. The third-order valence-corrected chi connectivity index (χ3v) is 7.18. The molecule has 5 rings (SSSR count). The van der Waals surface area contributed by atoms with E-state index >= 15 is 0 Å². The van der Waals surface area contributed by atoms with E-state index in [1.807, 2.05) is 13.8 Å². The van der Waals surface area contributed by atoms with Crippen LogP contribution in [0.4, 0.5) is 0 Å². The second kappa shape index (κ2) is 8.08. The van der Waals surface area contributed by atoms with Gasteiger partial charge in [-0.2, -0.15) is 0 Å². The molecule has 1 saturated carbocycles. The van der Waals surface area contributed by atoms with Crippen molar-refractivity contribution in [1.29, 1.82) is 0 Å². The largest absolute Gasteiger partial charge is 0.464 e. The van der Waals surface area contributed by atoms with E-state index in [0.29, 0.717) is 46.4 Å². The second-order valence-electron chi connectivity index (χ2n) is 10.4. The lowest BCUT2D eigenvalue weighted by molar-refractivity contribution is -0.151. The van der Waals surface area contributed by atoms with Gasteiger partial charge in [-0.1, -0.05) is 26.0 Å². The average molecular weight is 448 g/mol. The molecule has 2 heterocycles. The van der Waals surface area contributed by atoms with E-state index in [1.165, 1.54) is 6.26 Å². The molecule has 0 bridgehead atoms. The first-order valence-corrected chi connectivity index (χ1v) is 11.8. The molecular formula is C27H29NO5. The fourth-order valence-corrected chi connectivity index (χ4v) is 5.64. The maximum absolute atomic E-state index is 13.6. The lowest BCUT2D eigenvalue weighted by Crippen LogP contribution is -2.41. The molecule has 0 radical (unpaired) electrons. The number of fused-ring (bicyclic) bond motifs is 1. The molecule has 1 fully saturated rings. The van der Waals surface area contributed by atoms with Crippen LogP contribution >= 0.6 is 0 Å². The van der Waals surface area contributed by atoms with Gasteiger partial charge in [-0.25, -0.2) is 0 Å². The van der Waals surface area contributed by atoms with Gasteiger partial charge in [-0.05, 0) is 56.6 Å². The smallest absolute Gasteiger partial charge is 0.315 e. The van der Waals surface area contributed by atoms with Crippen LogP contribution in [-0.4, -0.2) is 23.6 Å². The van der Waals surface area contributed by atoms with Gasteiger partial charge in [0.2, 0.25) is 0 Å². The Balaban J connectivity index is 1.67. The number of nitrogens with zero attached hydrogens (tertiary/aromatic N) is 1. The molecular weight excluding hydrogens is 418 g/mol. The maximum atomic E-state index is 13.6. The Labute approximate surface area is 192 Å². The first-order valence-electron chi connectivity index (χ1n) is 11.8. The summed E-state index contributed by atoms with van der Waals surface area (Å²) in [6.45, 7) is 5.88. The van der Waals surface area contributed by atoms with E-state index in [2.05, 4.69) is 0 Å². The molecule has 2 aliphatic carbocycles. The third-order valence-electron chi connectivity index (χ3n) is 7.18. The van der Waals surface area contributed by atoms with Crippen molar-refractivity contribution in [3.8, 4) is 0 Å². The number of ketones is 1. The molecule has 0 N–H and O–H groups in total. The quantitative estimate of drug-likeness (QED) is 0.611. The SMILES string of the molecule is CC1=NC2=C(C(=O)CC(C)(C)C2)C(c2coc3ccccc3c2=O)C1C(=O)OC1CCCC1. The van der Waals surface area contributed by atoms with E-state index in [0.717, 1.165) is 25.7 Å². The first kappa shape index (κ1) is 21.8. The van der Waals surface area contributed by atoms with Gasteiger partial charge in [0.15, 0.2) is 11.2 Å². The number of para-hydroxylation sites is 1. The number of Topliss-reactive ketones (excluding diaryl/α,β-unsaturated/α-hetero) is 1. The van der Waals surface area contributed by atoms with Crippen molar-refractivity contribution < 1.29 is 18.7 Å². The second-order valence-corrected chi connectivity index (χ2v) is 10.4. The molecule has 2 atom stereocenters. The number of ether oxygens (including phenoxy) is 1. The molecule has 0 amide bonds. The molecule has 2 unspecified atom stereocenters. The van der Waals surface area contributed by atoms with E-state index in [9.17, 15) is 14.4 Å². The van der Waals surface area contributed by atoms with Crippen LogP contribution < -0.4 is 5.43 Å². The number of benzene rings is 1. The van der Waals surface area contributed by atoms with E-state index in [4.69, 9.17) is 14.1 Å². The fraction of sp³-hybridized carbons (Fsp3) is 0.481. The number of rotatable bonds is 3. The summed E-state index contributed by atoms with van der Waals surface area (Å²) in [5.41, 5.74) is 2.07. The Morgan fingerprint density at radius 3 is 2.61 bits per heavy atom. The van der Waals surface area contributed by atoms with Crippen LogP contribution in [0.25, 0.3) is 11.0 Å². The summed E-state index contributed by atoms with van der Waals surface area (Å²) in [7, 11) is 0. The van der Waals surface area contributed by atoms with Crippen LogP contribution in [0.1, 0.15) is 70.8 Å². The molecule has 172 valence electrons. The molecule has 33 heavy (non-hydrogen) atoms. The highest BCUT2D eigenvalue weighted by atomic mass is 16.5. The molecule has 1 aliphatic heterocycles. The van der Waals surface area contributed by atoms with Crippen molar-refractivity contribution in [2.75, 3.05) is 0 Å². The molecule has 0 saturated heterocycles. The van der Waals surface area contributed by atoms with Gasteiger partial charge in [0.1, 0.15) is 17.6 Å². The predicted octanol–water partition coefficient (Wildman–Crippen LogP) is 5.10. The summed E-state index contributed by atoms with van der Waals surface area (Å²) in [5.74, 6) is -2.05. The summed E-state index contributed by atoms with van der Waals surface area (Å²) in [5, 5.41) is 0.434. The fourth-order valence-electron chi connectivity index (χ4n) is 5.64. The number of carbonyl (C=O) groups is 2. The summed E-state index contributed by atoms with van der Waals surface area (Å²) in [6, 6.07) is 7.03. The average Bonchev–Trinajstić information content (AvgIpc) is 3.25. The molecule has 1 aromatic carbocycles. The molecule has 3 aliphatic rings. The van der Waals surface area contributed by atoms with Crippen LogP contribution in [0.15, 0.2) is 56.0 Å². The Morgan fingerprint density at radius 1 is 1.12 bits per heavy atom. The number of hydrogen-bond donors (Lipinski definition) is 0. The van der Waals surface area contributed by atoms with Crippen molar-refractivity contribution in [2.24, 2.45) is 16.3 Å². The van der Waals surface area contributed by atoms with Crippen molar-refractivity contribution in [3.05, 3.63) is 57.6 Å². The van der Waals surface area contributed by atoms with Crippen LogP contribution in [0.3, 0.4) is 0 Å². The monoisotopic (exact) mass is 447 g/mol. The number of aliphatic imine (C=N–C) groups is 1. The number of allylic oxidation sites excluding steroid dienone is 2. The van der Waals surface area contributed by atoms with Gasteiger partial charge < -0.3 is 9.15 Å². The minimum Gasteiger partial charge on any atom is -0.464 e. The highest BCUT2D eigenvalue weighted by Crippen LogP contribution is 2.47. The first-order chi connectivity index (χ1) is 15.7. The zero-order valence-electron chi connectivity index (χ0n) is 19.3. The highest BCUT2D eigenvalue weighted by molar-refractivity contribution is 6.09. The molecule has 1 aromatic heterocycles. The number of carbonyl (C=O) groups excluding carboxylic acids is 2. The van der Waals surface area contributed by atoms with E-state index < -0.39 is 17.8 Å². The Kier molecular flexibility index (Phi) is 5.34. The van der Waals surface area contributed by atoms with Crippen LogP contribution in [0, 0.1) is 11.3 Å². The Morgan fingerprint density at radius 2 is 1.85 bits per heavy atom. The standard InChI is InChI=1S/C27H29NO5/c1-15-22(26(31)33-16-8-4-5-9-16)23(24-19(28-15)12-27(2,3)13-20(24)29)18-14-32-21-11-7-6-10-17(21)25(18)30/h6-7,10-11,14,16,22-23H,4-5,8-9,12-13H2,1-3H3. The summed E-state index contributed by atoms with van der Waals surface area (Å²) < 4.78 is 11.7. The molecule has 6 nitrogen and oxygen atoms in total. The van der Waals surface area contributed by atoms with Gasteiger partial charge in [-0.3, -0.25) is 19.4 Å². The van der Waals surface area contributed by atoms with Gasteiger partial charge in [0.05, 0.1) is 11.6 Å². The minimum absolute atomic E-state index is 0.0614. The van der Waals surface area contributed by atoms with Gasteiger partial charge in [-0.15, -0.1) is 0 Å². The van der Waals surface area contributed by atoms with E-state index in [1.54, 1.807) is 31.2 Å². The van der Waals surface area contributed by atoms with Crippen LogP contribution in [0.2, 0.25) is 0 Å². The topological polar surface area (TPSA) is 85.9 Å². The highest BCUT2D eigenvalue weighted by Gasteiger charge is 2.47. The lowest BCUT2D eigenvalue weighted by Gasteiger charge is -2.38. The van der Waals surface area contributed by atoms with Gasteiger partial charge in [0.25, 0.3) is 0 Å². The Bertz CT molecular complexity index is 1260. The molecule has 2 aromatic rings. The molecule has 0 spiro atoms. The third kappa shape index (κ3) is 3.85. The zero-order valence-corrected chi connectivity index (χ0v) is 19.3. The van der Waals surface area contributed by atoms with Gasteiger partial charge in [0, 0.05) is 34.9 Å². The molecule has 6 heteroatoms. The summed E-state index contributed by atoms with van der Waals surface area (Å²) in [4.78, 5) is 45.2.